The SMILES string of the molecule is Cc1nn(C)c(CNc2ccccc2SC(F)F)c1Cl. The van der Waals surface area contributed by atoms with Crippen molar-refractivity contribution >= 4 is 29.1 Å². The molecule has 0 fully saturated rings. The highest BCUT2D eigenvalue weighted by Crippen LogP contribution is 2.32. The Morgan fingerprint density at radius 2 is 2.10 bits per heavy atom. The lowest BCUT2D eigenvalue weighted by atomic mass is 10.3. The van der Waals surface area contributed by atoms with Gasteiger partial charge in [0.15, 0.2) is 0 Å². The van der Waals surface area contributed by atoms with Gasteiger partial charge >= 0.3 is 0 Å². The number of para-hydroxylation sites is 1. The molecule has 0 unspecified atom stereocenters. The Morgan fingerprint density at radius 1 is 1.40 bits per heavy atom. The van der Waals surface area contributed by atoms with E-state index >= 15 is 0 Å². The van der Waals surface area contributed by atoms with Crippen molar-refractivity contribution in [1.82, 2.24) is 9.78 Å². The lowest BCUT2D eigenvalue weighted by molar-refractivity contribution is 0.252. The quantitative estimate of drug-likeness (QED) is 0.833. The van der Waals surface area contributed by atoms with Crippen molar-refractivity contribution in [3.8, 4) is 0 Å². The first-order valence-corrected chi connectivity index (χ1v) is 7.20. The van der Waals surface area contributed by atoms with E-state index in [1.807, 2.05) is 6.92 Å². The first-order chi connectivity index (χ1) is 9.49. The lowest BCUT2D eigenvalue weighted by Gasteiger charge is -2.11. The molecule has 0 bridgehead atoms. The molecule has 0 saturated heterocycles. The van der Waals surface area contributed by atoms with Crippen molar-refractivity contribution in [3.05, 3.63) is 40.7 Å². The second-order valence-corrected chi connectivity index (χ2v) is 5.61. The molecule has 0 aliphatic heterocycles. The zero-order valence-corrected chi connectivity index (χ0v) is 12.6. The third kappa shape index (κ3) is 3.43. The van der Waals surface area contributed by atoms with Gasteiger partial charge in [-0.1, -0.05) is 35.5 Å². The third-order valence-corrected chi connectivity index (χ3v) is 4.09. The monoisotopic (exact) mass is 317 g/mol. The molecule has 0 spiro atoms. The number of benzene rings is 1. The standard InChI is InChI=1S/C13H14ClF2N3S/c1-8-12(14)10(19(2)18-8)7-17-9-5-3-4-6-11(9)20-13(15)16/h3-6,13,17H,7H2,1-2H3. The molecule has 20 heavy (non-hydrogen) atoms. The van der Waals surface area contributed by atoms with Crippen LogP contribution in [-0.2, 0) is 13.6 Å². The van der Waals surface area contributed by atoms with Crippen LogP contribution in [0.1, 0.15) is 11.4 Å². The third-order valence-electron chi connectivity index (χ3n) is 2.81. The molecule has 0 radical (unpaired) electrons. The largest absolute Gasteiger partial charge is 0.378 e. The van der Waals surface area contributed by atoms with E-state index in [0.717, 1.165) is 11.4 Å². The number of hydrogen-bond acceptors (Lipinski definition) is 3. The van der Waals surface area contributed by atoms with Gasteiger partial charge in [0.1, 0.15) is 0 Å². The molecule has 108 valence electrons. The van der Waals surface area contributed by atoms with Crippen LogP contribution in [0.5, 0.6) is 0 Å². The molecule has 7 heteroatoms. The van der Waals surface area contributed by atoms with Gasteiger partial charge in [-0.25, -0.2) is 0 Å². The summed E-state index contributed by atoms with van der Waals surface area (Å²) in [4.78, 5) is 0.512. The molecule has 2 aromatic rings. The number of anilines is 1. The van der Waals surface area contributed by atoms with Crippen LogP contribution >= 0.6 is 23.4 Å². The molecule has 0 aliphatic rings. The summed E-state index contributed by atoms with van der Waals surface area (Å²) in [5.74, 6) is -2.44. The second-order valence-electron chi connectivity index (χ2n) is 4.20. The van der Waals surface area contributed by atoms with Crippen LogP contribution < -0.4 is 5.32 Å². The summed E-state index contributed by atoms with van der Waals surface area (Å²) >= 11 is 6.68. The molecule has 0 saturated carbocycles. The van der Waals surface area contributed by atoms with Crippen molar-refractivity contribution in [1.29, 1.82) is 0 Å². The Bertz CT molecular complexity index is 601. The Hall–Kier alpha value is -1.27. The summed E-state index contributed by atoms with van der Waals surface area (Å²) in [6, 6.07) is 6.96. The summed E-state index contributed by atoms with van der Waals surface area (Å²) in [5.41, 5.74) is 2.23. The fraction of sp³-hybridized carbons (Fsp3) is 0.308. The number of aryl methyl sites for hydroxylation is 2. The minimum Gasteiger partial charge on any atom is -0.378 e. The van der Waals surface area contributed by atoms with Crippen LogP contribution in [-0.4, -0.2) is 15.5 Å². The average molecular weight is 318 g/mol. The molecule has 0 atom stereocenters. The van der Waals surface area contributed by atoms with Crippen LogP contribution in [0.25, 0.3) is 0 Å². The van der Waals surface area contributed by atoms with E-state index in [2.05, 4.69) is 10.4 Å². The fourth-order valence-electron chi connectivity index (χ4n) is 1.86. The fourth-order valence-corrected chi connectivity index (χ4v) is 2.71. The maximum atomic E-state index is 12.5. The highest BCUT2D eigenvalue weighted by Gasteiger charge is 2.13. The van der Waals surface area contributed by atoms with E-state index in [0.29, 0.717) is 33.9 Å². The van der Waals surface area contributed by atoms with Gasteiger partial charge in [-0.3, -0.25) is 4.68 Å². The van der Waals surface area contributed by atoms with Crippen molar-refractivity contribution < 1.29 is 8.78 Å². The Balaban J connectivity index is 2.15. The van der Waals surface area contributed by atoms with Crippen LogP contribution in [0.3, 0.4) is 0 Å². The number of thioether (sulfide) groups is 1. The summed E-state index contributed by atoms with van der Waals surface area (Å²) < 4.78 is 26.7. The molecule has 1 aromatic carbocycles. The number of nitrogens with one attached hydrogen (secondary N) is 1. The maximum absolute atomic E-state index is 12.5. The van der Waals surface area contributed by atoms with Gasteiger partial charge in [0, 0.05) is 17.6 Å². The van der Waals surface area contributed by atoms with E-state index in [9.17, 15) is 8.78 Å². The summed E-state index contributed by atoms with van der Waals surface area (Å²) in [6.07, 6.45) is 0. The normalized spacial score (nSPS) is 11.1. The average Bonchev–Trinajstić information content (AvgIpc) is 2.62. The number of halogens is 3. The van der Waals surface area contributed by atoms with Gasteiger partial charge in [0.05, 0.1) is 23.0 Å². The molecule has 1 heterocycles. The molecular formula is C13H14ClF2N3S. The van der Waals surface area contributed by atoms with Gasteiger partial charge in [-0.15, -0.1) is 0 Å². The number of alkyl halides is 2. The zero-order valence-electron chi connectivity index (χ0n) is 11.0. The predicted octanol–water partition coefficient (Wildman–Crippen LogP) is 4.31. The molecule has 0 aliphatic carbocycles. The molecule has 1 N–H and O–H groups in total. The molecule has 0 amide bonds. The number of aromatic nitrogens is 2. The smallest absolute Gasteiger partial charge is 0.288 e. The number of rotatable bonds is 5. The lowest BCUT2D eigenvalue weighted by Crippen LogP contribution is -2.06. The number of nitrogens with zero attached hydrogens (tertiary/aromatic N) is 2. The van der Waals surface area contributed by atoms with Gasteiger partial charge in [0.25, 0.3) is 5.76 Å². The zero-order chi connectivity index (χ0) is 14.7. The van der Waals surface area contributed by atoms with Crippen LogP contribution in [0.15, 0.2) is 29.2 Å². The minimum atomic E-state index is -2.44. The highest BCUT2D eigenvalue weighted by atomic mass is 35.5. The van der Waals surface area contributed by atoms with E-state index < -0.39 is 5.76 Å². The Kier molecular flexibility index (Phi) is 4.88. The van der Waals surface area contributed by atoms with E-state index in [1.54, 1.807) is 36.0 Å². The first kappa shape index (κ1) is 15.1. The first-order valence-electron chi connectivity index (χ1n) is 5.94. The van der Waals surface area contributed by atoms with Crippen molar-refractivity contribution in [2.24, 2.45) is 7.05 Å². The maximum Gasteiger partial charge on any atom is 0.288 e. The van der Waals surface area contributed by atoms with Crippen molar-refractivity contribution in [3.63, 3.8) is 0 Å². The van der Waals surface area contributed by atoms with E-state index in [4.69, 9.17) is 11.6 Å². The van der Waals surface area contributed by atoms with Gasteiger partial charge in [-0.05, 0) is 19.1 Å². The van der Waals surface area contributed by atoms with Gasteiger partial charge in [-0.2, -0.15) is 13.9 Å². The molecule has 3 nitrogen and oxygen atoms in total. The van der Waals surface area contributed by atoms with Crippen molar-refractivity contribution in [2.75, 3.05) is 5.32 Å². The second kappa shape index (κ2) is 6.45. The molecule has 2 rings (SSSR count). The Morgan fingerprint density at radius 3 is 2.70 bits per heavy atom. The predicted molar refractivity (Wildman–Crippen MR) is 78.6 cm³/mol. The summed E-state index contributed by atoms with van der Waals surface area (Å²) in [7, 11) is 1.80. The molecule has 1 aromatic heterocycles. The number of hydrogen-bond donors (Lipinski definition) is 1. The van der Waals surface area contributed by atoms with Crippen LogP contribution in [0.2, 0.25) is 5.02 Å². The van der Waals surface area contributed by atoms with E-state index in [-0.39, 0.29) is 0 Å². The topological polar surface area (TPSA) is 29.9 Å². The highest BCUT2D eigenvalue weighted by molar-refractivity contribution is 7.99. The minimum absolute atomic E-state index is 0.428. The van der Waals surface area contributed by atoms with E-state index in [1.165, 1.54) is 0 Å². The Labute approximate surface area is 125 Å². The van der Waals surface area contributed by atoms with Gasteiger partial charge in [0.2, 0.25) is 0 Å². The summed E-state index contributed by atoms with van der Waals surface area (Å²) in [5, 5.41) is 7.94. The van der Waals surface area contributed by atoms with Crippen LogP contribution in [0, 0.1) is 6.92 Å². The van der Waals surface area contributed by atoms with Crippen LogP contribution in [0.4, 0.5) is 14.5 Å². The van der Waals surface area contributed by atoms with Gasteiger partial charge < -0.3 is 5.32 Å². The molecular weight excluding hydrogens is 304 g/mol. The summed E-state index contributed by atoms with van der Waals surface area (Å²) in [6.45, 7) is 2.25. The van der Waals surface area contributed by atoms with Crippen molar-refractivity contribution in [2.45, 2.75) is 24.1 Å².